The van der Waals surface area contributed by atoms with Crippen molar-refractivity contribution in [3.8, 4) is 0 Å². The van der Waals surface area contributed by atoms with Crippen molar-refractivity contribution >= 4 is 40.3 Å². The van der Waals surface area contributed by atoms with E-state index in [0.717, 1.165) is 4.88 Å². The van der Waals surface area contributed by atoms with Crippen LogP contribution in [0.1, 0.15) is 4.88 Å². The Morgan fingerprint density at radius 2 is 1.07 bits per heavy atom. The summed E-state index contributed by atoms with van der Waals surface area (Å²) in [6.07, 6.45) is 0. The molecule has 132 valence electrons. The fourth-order valence-electron chi connectivity index (χ4n) is 3.32. The standard InChI is InChI=1S/C24H19OPS/c25-23(24-17-10-18-27-24)19-26(20-11-4-1-5-12-20,21-13-6-2-7-14-21)22-15-8-3-9-16-22/h1-19H/b23-19-. The van der Waals surface area contributed by atoms with E-state index in [9.17, 15) is 5.11 Å². The highest BCUT2D eigenvalue weighted by Crippen LogP contribution is 2.57. The molecule has 0 saturated carbocycles. The van der Waals surface area contributed by atoms with Crippen LogP contribution < -0.4 is 21.0 Å². The molecule has 3 aromatic carbocycles. The van der Waals surface area contributed by atoms with Crippen LogP contribution in [-0.4, -0.2) is 0 Å². The second-order valence-electron chi connectivity index (χ2n) is 6.20. The van der Waals surface area contributed by atoms with Gasteiger partial charge in [0.1, 0.15) is 23.2 Å². The summed E-state index contributed by atoms with van der Waals surface area (Å²) in [6, 6.07) is 35.1. The van der Waals surface area contributed by atoms with E-state index >= 15 is 0 Å². The highest BCUT2D eigenvalue weighted by atomic mass is 32.1. The minimum Gasteiger partial charge on any atom is -0.869 e. The average molecular weight is 386 g/mol. The minimum atomic E-state index is -2.22. The van der Waals surface area contributed by atoms with E-state index in [1.165, 1.54) is 27.3 Å². The van der Waals surface area contributed by atoms with Crippen molar-refractivity contribution in [3.63, 3.8) is 0 Å². The van der Waals surface area contributed by atoms with Crippen molar-refractivity contribution in [2.24, 2.45) is 0 Å². The van der Waals surface area contributed by atoms with E-state index in [0.29, 0.717) is 0 Å². The molecule has 0 spiro atoms. The largest absolute Gasteiger partial charge is 0.869 e. The molecule has 0 N–H and O–H groups in total. The quantitative estimate of drug-likeness (QED) is 0.368. The number of hydrogen-bond acceptors (Lipinski definition) is 2. The summed E-state index contributed by atoms with van der Waals surface area (Å²) in [4.78, 5) is 0.780. The van der Waals surface area contributed by atoms with E-state index in [2.05, 4.69) is 72.8 Å². The summed E-state index contributed by atoms with van der Waals surface area (Å²) in [5, 5.41) is 18.7. The Labute approximate surface area is 164 Å². The van der Waals surface area contributed by atoms with Crippen LogP contribution in [0.4, 0.5) is 0 Å². The first kappa shape index (κ1) is 17.7. The summed E-state index contributed by atoms with van der Waals surface area (Å²) in [5.74, 6) is 2.08. The fourth-order valence-corrected chi connectivity index (χ4v) is 7.80. The summed E-state index contributed by atoms with van der Waals surface area (Å²) in [6.45, 7) is 0. The van der Waals surface area contributed by atoms with Crippen LogP contribution in [0.5, 0.6) is 0 Å². The second-order valence-corrected chi connectivity index (χ2v) is 10.4. The third-order valence-corrected chi connectivity index (χ3v) is 9.41. The average Bonchev–Trinajstić information content (AvgIpc) is 3.29. The lowest BCUT2D eigenvalue weighted by atomic mass is 10.4. The molecular formula is C24H19OPS. The van der Waals surface area contributed by atoms with Crippen LogP contribution in [-0.2, 0) is 0 Å². The molecule has 0 aliphatic heterocycles. The van der Waals surface area contributed by atoms with E-state index in [1.807, 2.05) is 41.5 Å². The molecule has 4 aromatic rings. The minimum absolute atomic E-state index is 0.0925. The maximum Gasteiger partial charge on any atom is 0.136 e. The van der Waals surface area contributed by atoms with E-state index in [-0.39, 0.29) is 5.76 Å². The zero-order chi connectivity index (χ0) is 18.5. The van der Waals surface area contributed by atoms with Gasteiger partial charge in [-0.2, -0.15) is 0 Å². The summed E-state index contributed by atoms with van der Waals surface area (Å²) >= 11 is 1.49. The van der Waals surface area contributed by atoms with Gasteiger partial charge in [-0.15, -0.1) is 11.3 Å². The predicted molar refractivity (Wildman–Crippen MR) is 117 cm³/mol. The molecule has 0 aliphatic rings. The van der Waals surface area contributed by atoms with Gasteiger partial charge in [0, 0.05) is 4.88 Å². The molecule has 0 fully saturated rings. The molecule has 4 rings (SSSR count). The van der Waals surface area contributed by atoms with Gasteiger partial charge in [-0.3, -0.25) is 0 Å². The SMILES string of the molecule is [O-]/C(=C\[P+](c1ccccc1)(c1ccccc1)c1ccccc1)c1cccs1. The molecule has 0 bridgehead atoms. The van der Waals surface area contributed by atoms with Gasteiger partial charge in [0.25, 0.3) is 0 Å². The van der Waals surface area contributed by atoms with Crippen molar-refractivity contribution < 1.29 is 5.11 Å². The lowest BCUT2D eigenvalue weighted by molar-refractivity contribution is -0.243. The van der Waals surface area contributed by atoms with Gasteiger partial charge in [-0.1, -0.05) is 66.4 Å². The molecule has 0 unspecified atom stereocenters. The topological polar surface area (TPSA) is 23.1 Å². The van der Waals surface area contributed by atoms with Crippen molar-refractivity contribution in [2.45, 2.75) is 0 Å². The zero-order valence-corrected chi connectivity index (χ0v) is 16.4. The molecule has 0 amide bonds. The number of benzene rings is 3. The molecule has 1 aromatic heterocycles. The molecule has 0 saturated heterocycles. The molecule has 3 heteroatoms. The summed E-state index contributed by atoms with van der Waals surface area (Å²) < 4.78 is 0. The predicted octanol–water partition coefficient (Wildman–Crippen LogP) is 4.40. The molecule has 27 heavy (non-hydrogen) atoms. The Kier molecular flexibility index (Phi) is 5.20. The van der Waals surface area contributed by atoms with Crippen LogP contribution in [0, 0.1) is 0 Å². The Morgan fingerprint density at radius 3 is 1.44 bits per heavy atom. The second kappa shape index (κ2) is 7.92. The first-order valence-corrected chi connectivity index (χ1v) is 11.5. The maximum absolute atomic E-state index is 13.2. The molecule has 0 radical (unpaired) electrons. The van der Waals surface area contributed by atoms with Crippen molar-refractivity contribution in [1.29, 1.82) is 0 Å². The maximum atomic E-state index is 13.2. The first-order valence-electron chi connectivity index (χ1n) is 8.80. The molecule has 0 aliphatic carbocycles. The number of thiophene rings is 1. The fraction of sp³-hybridized carbons (Fsp3) is 0. The van der Waals surface area contributed by atoms with E-state index < -0.39 is 7.26 Å². The van der Waals surface area contributed by atoms with Crippen LogP contribution in [0.15, 0.2) is 114 Å². The Balaban J connectivity index is 2.05. The van der Waals surface area contributed by atoms with Crippen LogP contribution in [0.2, 0.25) is 0 Å². The van der Waals surface area contributed by atoms with Crippen LogP contribution in [0.3, 0.4) is 0 Å². The smallest absolute Gasteiger partial charge is 0.136 e. The zero-order valence-electron chi connectivity index (χ0n) is 14.7. The monoisotopic (exact) mass is 386 g/mol. The van der Waals surface area contributed by atoms with Gasteiger partial charge in [-0.05, 0) is 47.8 Å². The highest BCUT2D eigenvalue weighted by molar-refractivity contribution is 7.98. The van der Waals surface area contributed by atoms with Crippen LogP contribution >= 0.6 is 18.6 Å². The van der Waals surface area contributed by atoms with Gasteiger partial charge in [0.05, 0.1) is 5.82 Å². The van der Waals surface area contributed by atoms with E-state index in [4.69, 9.17) is 0 Å². The van der Waals surface area contributed by atoms with Gasteiger partial charge in [0.2, 0.25) is 0 Å². The third kappa shape index (κ3) is 3.47. The first-order chi connectivity index (χ1) is 13.3. The van der Waals surface area contributed by atoms with Gasteiger partial charge in [0.15, 0.2) is 0 Å². The van der Waals surface area contributed by atoms with Gasteiger partial charge < -0.3 is 5.11 Å². The Hall–Kier alpha value is -2.67. The van der Waals surface area contributed by atoms with Gasteiger partial charge >= 0.3 is 0 Å². The normalized spacial score (nSPS) is 12.1. The van der Waals surface area contributed by atoms with Crippen molar-refractivity contribution in [1.82, 2.24) is 0 Å². The Bertz CT molecular complexity index is 913. The Morgan fingerprint density at radius 1 is 0.630 bits per heavy atom. The highest BCUT2D eigenvalue weighted by Gasteiger charge is 2.43. The number of hydrogen-bond donors (Lipinski definition) is 0. The molecule has 1 heterocycles. The van der Waals surface area contributed by atoms with Gasteiger partial charge in [-0.25, -0.2) is 0 Å². The summed E-state index contributed by atoms with van der Waals surface area (Å²) in [7, 11) is -2.22. The van der Waals surface area contributed by atoms with Crippen molar-refractivity contribution in [3.05, 3.63) is 119 Å². The van der Waals surface area contributed by atoms with Crippen molar-refractivity contribution in [2.75, 3.05) is 0 Å². The lowest BCUT2D eigenvalue weighted by Crippen LogP contribution is -2.30. The van der Waals surface area contributed by atoms with E-state index in [1.54, 1.807) is 0 Å². The molecule has 1 nitrogen and oxygen atoms in total. The van der Waals surface area contributed by atoms with Crippen LogP contribution in [0.25, 0.3) is 5.76 Å². The molecule has 0 atom stereocenters. The third-order valence-electron chi connectivity index (χ3n) is 4.57. The summed E-state index contributed by atoms with van der Waals surface area (Å²) in [5.41, 5.74) is 0. The lowest BCUT2D eigenvalue weighted by Gasteiger charge is -2.26. The molecular weight excluding hydrogens is 367 g/mol. The number of rotatable bonds is 5.